The molecule has 2 N–H and O–H groups in total. The number of nitrogens with one attached hydrogen (secondary N) is 2. The Bertz CT molecular complexity index is 1030. The van der Waals surface area contributed by atoms with E-state index in [9.17, 15) is 9.59 Å². The number of fused-ring (bicyclic) bond motifs is 1. The normalized spacial score (nSPS) is 16.2. The van der Waals surface area contributed by atoms with Gasteiger partial charge in [-0.2, -0.15) is 5.10 Å². The first-order valence-corrected chi connectivity index (χ1v) is 9.66. The highest BCUT2D eigenvalue weighted by atomic mass is 16.2. The van der Waals surface area contributed by atoms with Crippen molar-refractivity contribution in [1.29, 1.82) is 0 Å². The Kier molecular flexibility index (Phi) is 5.16. The van der Waals surface area contributed by atoms with E-state index in [1.165, 1.54) is 0 Å². The fourth-order valence-electron chi connectivity index (χ4n) is 3.68. The highest BCUT2D eigenvalue weighted by Crippen LogP contribution is 2.19. The summed E-state index contributed by atoms with van der Waals surface area (Å²) in [6.07, 6.45) is 4.22. The molecule has 2 aromatic heterocycles. The second-order valence-corrected chi connectivity index (χ2v) is 7.36. The number of H-pyrrole nitrogens is 1. The largest absolute Gasteiger partial charge is 0.366 e. The molecule has 1 aromatic carbocycles. The first kappa shape index (κ1) is 18.9. The first-order chi connectivity index (χ1) is 14.0. The van der Waals surface area contributed by atoms with Crippen LogP contribution in [0.3, 0.4) is 0 Å². The van der Waals surface area contributed by atoms with Gasteiger partial charge in [0.05, 0.1) is 23.3 Å². The number of aromatic nitrogens is 3. The molecule has 1 aliphatic rings. The van der Waals surface area contributed by atoms with E-state index in [-0.39, 0.29) is 17.9 Å². The van der Waals surface area contributed by atoms with Gasteiger partial charge < -0.3 is 15.1 Å². The summed E-state index contributed by atoms with van der Waals surface area (Å²) in [7, 11) is 1.78. The average molecular weight is 392 g/mol. The number of pyridine rings is 1. The van der Waals surface area contributed by atoms with Crippen molar-refractivity contribution >= 4 is 28.5 Å². The lowest BCUT2D eigenvalue weighted by Crippen LogP contribution is -2.38. The summed E-state index contributed by atoms with van der Waals surface area (Å²) in [6.45, 7) is 3.37. The molecular formula is C21H24N6O2. The van der Waals surface area contributed by atoms with Crippen LogP contribution < -0.4 is 5.32 Å². The SMILES string of the molecule is CC(=O)N(C)[C@H]1CCN(C(=O)c2ccc(NCc3cccc4[nH]ncc34)nc2)C1. The lowest BCUT2D eigenvalue weighted by Gasteiger charge is -2.23. The topological polar surface area (TPSA) is 94.2 Å². The van der Waals surface area contributed by atoms with Crippen molar-refractivity contribution in [1.82, 2.24) is 25.0 Å². The molecule has 0 radical (unpaired) electrons. The molecule has 1 saturated heterocycles. The van der Waals surface area contributed by atoms with Crippen molar-refractivity contribution in [3.8, 4) is 0 Å². The Labute approximate surface area is 168 Å². The van der Waals surface area contributed by atoms with Gasteiger partial charge in [-0.25, -0.2) is 4.98 Å². The molecule has 8 heteroatoms. The molecule has 0 saturated carbocycles. The van der Waals surface area contributed by atoms with Crippen molar-refractivity contribution in [2.24, 2.45) is 0 Å². The molecule has 1 fully saturated rings. The van der Waals surface area contributed by atoms with Crippen LogP contribution in [0.4, 0.5) is 5.82 Å². The zero-order chi connectivity index (χ0) is 20.4. The van der Waals surface area contributed by atoms with Crippen LogP contribution in [0, 0.1) is 0 Å². The van der Waals surface area contributed by atoms with E-state index in [0.717, 1.165) is 22.9 Å². The summed E-state index contributed by atoms with van der Waals surface area (Å²) in [4.78, 5) is 32.2. The minimum absolute atomic E-state index is 0.0208. The van der Waals surface area contributed by atoms with Crippen molar-refractivity contribution in [2.75, 3.05) is 25.5 Å². The predicted octanol–water partition coefficient (Wildman–Crippen LogP) is 2.26. The molecule has 0 unspecified atom stereocenters. The number of hydrogen-bond acceptors (Lipinski definition) is 5. The zero-order valence-corrected chi connectivity index (χ0v) is 16.6. The molecule has 1 atom stereocenters. The molecule has 3 aromatic rings. The zero-order valence-electron chi connectivity index (χ0n) is 16.6. The van der Waals surface area contributed by atoms with E-state index in [2.05, 4.69) is 20.5 Å². The Morgan fingerprint density at radius 1 is 1.28 bits per heavy atom. The second-order valence-electron chi connectivity index (χ2n) is 7.36. The van der Waals surface area contributed by atoms with Crippen molar-refractivity contribution in [3.05, 3.63) is 53.9 Å². The van der Waals surface area contributed by atoms with Gasteiger partial charge in [-0.1, -0.05) is 12.1 Å². The van der Waals surface area contributed by atoms with Crippen LogP contribution in [0.25, 0.3) is 10.9 Å². The smallest absolute Gasteiger partial charge is 0.255 e. The maximum Gasteiger partial charge on any atom is 0.255 e. The van der Waals surface area contributed by atoms with E-state index >= 15 is 0 Å². The van der Waals surface area contributed by atoms with Gasteiger partial charge in [0.15, 0.2) is 0 Å². The highest BCUT2D eigenvalue weighted by Gasteiger charge is 2.30. The van der Waals surface area contributed by atoms with Gasteiger partial charge in [0.1, 0.15) is 5.82 Å². The van der Waals surface area contributed by atoms with Crippen LogP contribution in [0.15, 0.2) is 42.7 Å². The molecule has 0 bridgehead atoms. The van der Waals surface area contributed by atoms with Gasteiger partial charge >= 0.3 is 0 Å². The number of likely N-dealkylation sites (tertiary alicyclic amines) is 1. The maximum absolute atomic E-state index is 12.7. The minimum Gasteiger partial charge on any atom is -0.366 e. The van der Waals surface area contributed by atoms with Crippen LogP contribution >= 0.6 is 0 Å². The summed E-state index contributed by atoms with van der Waals surface area (Å²) in [5.74, 6) is 0.678. The van der Waals surface area contributed by atoms with Crippen LogP contribution in [-0.2, 0) is 11.3 Å². The number of carbonyl (C=O) groups is 2. The third-order valence-corrected chi connectivity index (χ3v) is 5.54. The van der Waals surface area contributed by atoms with Gasteiger partial charge in [0, 0.05) is 45.2 Å². The molecule has 3 heterocycles. The number of carbonyl (C=O) groups excluding carboxylic acids is 2. The van der Waals surface area contributed by atoms with Crippen LogP contribution in [0.5, 0.6) is 0 Å². The van der Waals surface area contributed by atoms with E-state index < -0.39 is 0 Å². The fourth-order valence-corrected chi connectivity index (χ4v) is 3.68. The number of rotatable bonds is 5. The van der Waals surface area contributed by atoms with Crippen LogP contribution in [0.1, 0.15) is 29.3 Å². The molecule has 150 valence electrons. The Morgan fingerprint density at radius 3 is 2.90 bits per heavy atom. The van der Waals surface area contributed by atoms with Gasteiger partial charge in [-0.3, -0.25) is 14.7 Å². The fraction of sp³-hybridized carbons (Fsp3) is 0.333. The lowest BCUT2D eigenvalue weighted by molar-refractivity contribution is -0.129. The van der Waals surface area contributed by atoms with Crippen molar-refractivity contribution in [2.45, 2.75) is 25.9 Å². The van der Waals surface area contributed by atoms with Crippen molar-refractivity contribution < 1.29 is 9.59 Å². The Hall–Kier alpha value is -3.42. The number of benzene rings is 1. The molecule has 2 amide bonds. The molecule has 8 nitrogen and oxygen atoms in total. The molecular weight excluding hydrogens is 368 g/mol. The first-order valence-electron chi connectivity index (χ1n) is 9.66. The van der Waals surface area contributed by atoms with Gasteiger partial charge in [-0.15, -0.1) is 0 Å². The molecule has 0 aliphatic carbocycles. The van der Waals surface area contributed by atoms with Crippen LogP contribution in [0.2, 0.25) is 0 Å². The third kappa shape index (κ3) is 3.91. The summed E-state index contributed by atoms with van der Waals surface area (Å²) in [6, 6.07) is 9.71. The van der Waals surface area contributed by atoms with E-state index in [4.69, 9.17) is 0 Å². The third-order valence-electron chi connectivity index (χ3n) is 5.54. The maximum atomic E-state index is 12.7. The number of anilines is 1. The number of amides is 2. The lowest BCUT2D eigenvalue weighted by atomic mass is 10.1. The number of nitrogens with zero attached hydrogens (tertiary/aromatic N) is 4. The summed E-state index contributed by atoms with van der Waals surface area (Å²) < 4.78 is 0. The quantitative estimate of drug-likeness (QED) is 0.695. The number of hydrogen-bond donors (Lipinski definition) is 2. The molecule has 0 spiro atoms. The highest BCUT2D eigenvalue weighted by molar-refractivity contribution is 5.94. The second kappa shape index (κ2) is 7.90. The minimum atomic E-state index is -0.0494. The average Bonchev–Trinajstić information content (AvgIpc) is 3.41. The number of likely N-dealkylation sites (N-methyl/N-ethyl adjacent to an activating group) is 1. The van der Waals surface area contributed by atoms with E-state index in [1.807, 2.05) is 30.5 Å². The predicted molar refractivity (Wildman–Crippen MR) is 110 cm³/mol. The summed E-state index contributed by atoms with van der Waals surface area (Å²) in [5.41, 5.74) is 2.67. The number of aromatic amines is 1. The monoisotopic (exact) mass is 392 g/mol. The van der Waals surface area contributed by atoms with Gasteiger partial charge in [0.25, 0.3) is 5.91 Å². The van der Waals surface area contributed by atoms with Crippen LogP contribution in [-0.4, -0.2) is 63.0 Å². The van der Waals surface area contributed by atoms with E-state index in [0.29, 0.717) is 31.0 Å². The van der Waals surface area contributed by atoms with E-state index in [1.54, 1.807) is 36.0 Å². The van der Waals surface area contributed by atoms with Gasteiger partial charge in [-0.05, 0) is 30.2 Å². The summed E-state index contributed by atoms with van der Waals surface area (Å²) in [5, 5.41) is 11.4. The molecule has 4 rings (SSSR count). The standard InChI is InChI=1S/C21H24N6O2/c1-14(28)26(2)17-8-9-27(13-17)21(29)16-6-7-20(23-11-16)22-10-15-4-3-5-19-18(15)12-24-25-19/h3-7,11-12,17H,8-10,13H2,1-2H3,(H,22,23)(H,24,25)/t17-/m0/s1. The van der Waals surface area contributed by atoms with Gasteiger partial charge in [0.2, 0.25) is 5.91 Å². The summed E-state index contributed by atoms with van der Waals surface area (Å²) >= 11 is 0. The molecule has 29 heavy (non-hydrogen) atoms. The Balaban J connectivity index is 1.37. The van der Waals surface area contributed by atoms with Crippen molar-refractivity contribution in [3.63, 3.8) is 0 Å². The molecule has 1 aliphatic heterocycles. The Morgan fingerprint density at radius 2 is 2.14 bits per heavy atom.